The lowest BCUT2D eigenvalue weighted by molar-refractivity contribution is -0.129. The van der Waals surface area contributed by atoms with Gasteiger partial charge < -0.3 is 10.1 Å². The number of methoxy groups -OCH3 is 1. The van der Waals surface area contributed by atoms with Crippen LogP contribution >= 0.6 is 15.9 Å². The fourth-order valence-corrected chi connectivity index (χ4v) is 1.65. The number of rotatable bonds is 4. The standard InChI is InChI=1S/C11H12BrNO3/c1-13-10(15)11(12,16-2)9(14)8-6-4-3-5-7-8/h3-7H,1-2H3,(H,13,15). The van der Waals surface area contributed by atoms with Crippen molar-refractivity contribution in [2.75, 3.05) is 14.2 Å². The lowest BCUT2D eigenvalue weighted by atomic mass is 10.1. The molecule has 0 aliphatic carbocycles. The molecule has 1 aromatic carbocycles. The molecule has 0 fully saturated rings. The summed E-state index contributed by atoms with van der Waals surface area (Å²) >= 11 is 3.03. The molecule has 1 amide bonds. The molecule has 16 heavy (non-hydrogen) atoms. The topological polar surface area (TPSA) is 55.4 Å². The monoisotopic (exact) mass is 285 g/mol. The molecule has 1 atom stereocenters. The van der Waals surface area contributed by atoms with Crippen LogP contribution < -0.4 is 5.32 Å². The van der Waals surface area contributed by atoms with E-state index in [1.165, 1.54) is 14.2 Å². The van der Waals surface area contributed by atoms with Crippen molar-refractivity contribution < 1.29 is 14.3 Å². The number of nitrogens with one attached hydrogen (secondary N) is 1. The van der Waals surface area contributed by atoms with Crippen LogP contribution in [0.25, 0.3) is 0 Å². The Labute approximate surface area is 102 Å². The number of hydrogen-bond acceptors (Lipinski definition) is 3. The van der Waals surface area contributed by atoms with Gasteiger partial charge in [0.15, 0.2) is 0 Å². The minimum Gasteiger partial charge on any atom is -0.355 e. The second-order valence-electron chi connectivity index (χ2n) is 3.07. The molecular formula is C11H12BrNO3. The van der Waals surface area contributed by atoms with E-state index in [0.717, 1.165) is 0 Å². The third-order valence-electron chi connectivity index (χ3n) is 2.13. The third-order valence-corrected chi connectivity index (χ3v) is 3.17. The average Bonchev–Trinajstić information content (AvgIpc) is 2.36. The molecule has 4 nitrogen and oxygen atoms in total. The molecule has 1 aromatic rings. The van der Waals surface area contributed by atoms with Gasteiger partial charge in [-0.3, -0.25) is 9.59 Å². The molecule has 0 aliphatic rings. The van der Waals surface area contributed by atoms with Gasteiger partial charge in [-0.15, -0.1) is 0 Å². The molecule has 0 bridgehead atoms. The number of halogens is 1. The van der Waals surface area contributed by atoms with Gasteiger partial charge in [-0.2, -0.15) is 0 Å². The number of hydrogen-bond donors (Lipinski definition) is 1. The Morgan fingerprint density at radius 3 is 2.31 bits per heavy atom. The van der Waals surface area contributed by atoms with Gasteiger partial charge in [-0.25, -0.2) is 0 Å². The summed E-state index contributed by atoms with van der Waals surface area (Å²) in [6.07, 6.45) is 0. The molecule has 0 spiro atoms. The summed E-state index contributed by atoms with van der Waals surface area (Å²) in [4.78, 5) is 23.6. The Morgan fingerprint density at radius 2 is 1.88 bits per heavy atom. The second-order valence-corrected chi connectivity index (χ2v) is 4.19. The van der Waals surface area contributed by atoms with E-state index in [4.69, 9.17) is 4.74 Å². The summed E-state index contributed by atoms with van der Waals surface area (Å²) < 4.78 is 3.30. The van der Waals surface area contributed by atoms with Gasteiger partial charge in [0.1, 0.15) is 0 Å². The summed E-state index contributed by atoms with van der Waals surface area (Å²) in [6, 6.07) is 8.49. The number of Topliss-reactive ketones (excluding diaryl/α,β-unsaturated/α-hetero) is 1. The SMILES string of the molecule is CNC(=O)C(Br)(OC)C(=O)c1ccccc1. The maximum Gasteiger partial charge on any atom is 0.271 e. The highest BCUT2D eigenvalue weighted by Gasteiger charge is 2.43. The van der Waals surface area contributed by atoms with Gasteiger partial charge in [0.05, 0.1) is 0 Å². The van der Waals surface area contributed by atoms with Gasteiger partial charge >= 0.3 is 0 Å². The van der Waals surface area contributed by atoms with E-state index in [1.54, 1.807) is 30.3 Å². The van der Waals surface area contributed by atoms with Crippen LogP contribution in [0.5, 0.6) is 0 Å². The van der Waals surface area contributed by atoms with E-state index in [2.05, 4.69) is 21.2 Å². The van der Waals surface area contributed by atoms with Crippen LogP contribution in [0.2, 0.25) is 0 Å². The van der Waals surface area contributed by atoms with Crippen LogP contribution in [-0.4, -0.2) is 30.4 Å². The third kappa shape index (κ3) is 2.31. The number of alkyl halides is 1. The molecule has 86 valence electrons. The van der Waals surface area contributed by atoms with Crippen molar-refractivity contribution in [2.24, 2.45) is 0 Å². The number of ketones is 1. The lowest BCUT2D eigenvalue weighted by Gasteiger charge is -2.22. The largest absolute Gasteiger partial charge is 0.355 e. The fraction of sp³-hybridized carbons (Fsp3) is 0.273. The van der Waals surface area contributed by atoms with Crippen LogP contribution in [0.3, 0.4) is 0 Å². The van der Waals surface area contributed by atoms with E-state index in [0.29, 0.717) is 5.56 Å². The zero-order valence-electron chi connectivity index (χ0n) is 8.99. The fourth-order valence-electron chi connectivity index (χ4n) is 1.22. The highest BCUT2D eigenvalue weighted by atomic mass is 79.9. The molecule has 1 unspecified atom stereocenters. The van der Waals surface area contributed by atoms with Crippen molar-refractivity contribution in [2.45, 2.75) is 4.51 Å². The Balaban J connectivity index is 3.07. The number of carbonyl (C=O) groups excluding carboxylic acids is 2. The smallest absolute Gasteiger partial charge is 0.271 e. The summed E-state index contributed by atoms with van der Waals surface area (Å²) in [5.41, 5.74) is 0.407. The summed E-state index contributed by atoms with van der Waals surface area (Å²) in [5, 5.41) is 2.38. The van der Waals surface area contributed by atoms with Crippen molar-refractivity contribution in [3.05, 3.63) is 35.9 Å². The normalized spacial score (nSPS) is 13.9. The molecule has 0 heterocycles. The molecule has 1 rings (SSSR count). The maximum absolute atomic E-state index is 12.1. The van der Waals surface area contributed by atoms with Crippen molar-refractivity contribution in [3.8, 4) is 0 Å². The highest BCUT2D eigenvalue weighted by molar-refractivity contribution is 9.10. The molecular weight excluding hydrogens is 274 g/mol. The quantitative estimate of drug-likeness (QED) is 0.516. The minimum atomic E-state index is -1.66. The number of ether oxygens (including phenoxy) is 1. The first-order chi connectivity index (χ1) is 7.56. The first-order valence-electron chi connectivity index (χ1n) is 4.62. The Hall–Kier alpha value is -1.20. The van der Waals surface area contributed by atoms with Crippen molar-refractivity contribution in [1.82, 2.24) is 5.32 Å². The molecule has 0 aliphatic heterocycles. The number of carbonyl (C=O) groups is 2. The number of benzene rings is 1. The molecule has 5 heteroatoms. The summed E-state index contributed by atoms with van der Waals surface area (Å²) in [5.74, 6) is -0.973. The zero-order chi connectivity index (χ0) is 12.2. The van der Waals surface area contributed by atoms with Crippen LogP contribution in [0.1, 0.15) is 10.4 Å². The predicted octanol–water partition coefficient (Wildman–Crippen LogP) is 1.35. The maximum atomic E-state index is 12.1. The van der Waals surface area contributed by atoms with E-state index < -0.39 is 16.2 Å². The van der Waals surface area contributed by atoms with Crippen LogP contribution in [0.4, 0.5) is 0 Å². The Kier molecular flexibility index (Phi) is 4.20. The lowest BCUT2D eigenvalue weighted by Crippen LogP contribution is -2.48. The van der Waals surface area contributed by atoms with Crippen LogP contribution in [0, 0.1) is 0 Å². The summed E-state index contributed by atoms with van der Waals surface area (Å²) in [7, 11) is 2.74. The Morgan fingerprint density at radius 1 is 1.31 bits per heavy atom. The molecule has 0 saturated carbocycles. The van der Waals surface area contributed by atoms with E-state index in [-0.39, 0.29) is 0 Å². The van der Waals surface area contributed by atoms with E-state index in [9.17, 15) is 9.59 Å². The van der Waals surface area contributed by atoms with Crippen molar-refractivity contribution in [3.63, 3.8) is 0 Å². The van der Waals surface area contributed by atoms with Gasteiger partial charge in [-0.1, -0.05) is 30.3 Å². The Bertz CT molecular complexity index is 393. The predicted molar refractivity (Wildman–Crippen MR) is 63.5 cm³/mol. The molecule has 0 radical (unpaired) electrons. The van der Waals surface area contributed by atoms with Gasteiger partial charge in [0, 0.05) is 19.7 Å². The molecule has 0 saturated heterocycles. The first-order valence-corrected chi connectivity index (χ1v) is 5.41. The van der Waals surface area contributed by atoms with Crippen molar-refractivity contribution >= 4 is 27.6 Å². The first kappa shape index (κ1) is 12.9. The van der Waals surface area contributed by atoms with E-state index in [1.807, 2.05) is 0 Å². The van der Waals surface area contributed by atoms with Gasteiger partial charge in [0.25, 0.3) is 10.4 Å². The highest BCUT2D eigenvalue weighted by Crippen LogP contribution is 2.24. The van der Waals surface area contributed by atoms with E-state index >= 15 is 0 Å². The van der Waals surface area contributed by atoms with Crippen molar-refractivity contribution in [1.29, 1.82) is 0 Å². The molecule has 1 N–H and O–H groups in total. The second kappa shape index (κ2) is 5.23. The zero-order valence-corrected chi connectivity index (χ0v) is 10.6. The van der Waals surface area contributed by atoms with Gasteiger partial charge in [-0.05, 0) is 15.9 Å². The average molecular weight is 286 g/mol. The number of amides is 1. The van der Waals surface area contributed by atoms with Gasteiger partial charge in [0.2, 0.25) is 5.78 Å². The molecule has 0 aromatic heterocycles. The minimum absolute atomic E-state index is 0.407. The number of likely N-dealkylation sites (N-methyl/N-ethyl adjacent to an activating group) is 1. The van der Waals surface area contributed by atoms with Crippen LogP contribution in [0.15, 0.2) is 30.3 Å². The summed E-state index contributed by atoms with van der Waals surface area (Å²) in [6.45, 7) is 0. The van der Waals surface area contributed by atoms with Crippen LogP contribution in [-0.2, 0) is 9.53 Å².